The molecule has 1 aromatic carbocycles. The average Bonchev–Trinajstić information content (AvgIpc) is 2.47. The number of carbonyl (C=O) groups is 2. The van der Waals surface area contributed by atoms with Gasteiger partial charge in [0, 0.05) is 12.3 Å². The predicted molar refractivity (Wildman–Crippen MR) is 73.8 cm³/mol. The van der Waals surface area contributed by atoms with Crippen LogP contribution in [0.4, 0.5) is 5.69 Å². The minimum absolute atomic E-state index is 0.00371. The van der Waals surface area contributed by atoms with Crippen LogP contribution in [0.15, 0.2) is 36.5 Å². The van der Waals surface area contributed by atoms with Crippen molar-refractivity contribution in [3.8, 4) is 11.5 Å². The first kappa shape index (κ1) is 14.3. The first-order valence-corrected chi connectivity index (χ1v) is 5.89. The van der Waals surface area contributed by atoms with Crippen molar-refractivity contribution in [3.05, 3.63) is 47.8 Å². The van der Waals surface area contributed by atoms with Crippen LogP contribution in [0.1, 0.15) is 20.8 Å². The number of carboxylic acid groups (broad SMARTS) is 1. The van der Waals surface area contributed by atoms with E-state index >= 15 is 0 Å². The Morgan fingerprint density at radius 3 is 2.67 bits per heavy atom. The Hall–Kier alpha value is -3.09. The molecule has 1 heterocycles. The van der Waals surface area contributed by atoms with Gasteiger partial charge in [-0.25, -0.2) is 9.78 Å². The molecule has 1 amide bonds. The number of carboxylic acids is 1. The molecule has 7 heteroatoms. The Balaban J connectivity index is 2.28. The van der Waals surface area contributed by atoms with Crippen LogP contribution in [0.2, 0.25) is 0 Å². The Bertz CT molecular complexity index is 700. The molecule has 0 atom stereocenters. The maximum atomic E-state index is 12.1. The Morgan fingerprint density at radius 1 is 1.29 bits per heavy atom. The lowest BCUT2D eigenvalue weighted by molar-refractivity contribution is 0.0691. The van der Waals surface area contributed by atoms with E-state index in [0.29, 0.717) is 5.75 Å². The van der Waals surface area contributed by atoms with E-state index in [-0.39, 0.29) is 22.7 Å². The van der Waals surface area contributed by atoms with Gasteiger partial charge >= 0.3 is 5.97 Å². The van der Waals surface area contributed by atoms with Crippen LogP contribution in [-0.4, -0.2) is 34.2 Å². The molecule has 7 nitrogen and oxygen atoms in total. The van der Waals surface area contributed by atoms with Gasteiger partial charge in [-0.15, -0.1) is 0 Å². The maximum absolute atomic E-state index is 12.1. The van der Waals surface area contributed by atoms with Gasteiger partial charge in [0.25, 0.3) is 5.91 Å². The monoisotopic (exact) mass is 288 g/mol. The van der Waals surface area contributed by atoms with E-state index in [4.69, 9.17) is 9.84 Å². The molecule has 0 aliphatic rings. The zero-order chi connectivity index (χ0) is 15.4. The molecule has 1 aromatic heterocycles. The first-order chi connectivity index (χ1) is 10.0. The highest BCUT2D eigenvalue weighted by atomic mass is 16.5. The Labute approximate surface area is 119 Å². The summed E-state index contributed by atoms with van der Waals surface area (Å²) in [5, 5.41) is 21.2. The molecule has 108 valence electrons. The molecule has 21 heavy (non-hydrogen) atoms. The van der Waals surface area contributed by atoms with E-state index in [2.05, 4.69) is 10.3 Å². The lowest BCUT2D eigenvalue weighted by atomic mass is 10.1. The molecule has 3 N–H and O–H groups in total. The fraction of sp³-hybridized carbons (Fsp3) is 0.0714. The molecule has 2 rings (SSSR count). The van der Waals surface area contributed by atoms with Crippen LogP contribution in [0.3, 0.4) is 0 Å². The van der Waals surface area contributed by atoms with Crippen LogP contribution in [-0.2, 0) is 0 Å². The number of methoxy groups -OCH3 is 1. The van der Waals surface area contributed by atoms with Gasteiger partial charge in [0.1, 0.15) is 11.5 Å². The average molecular weight is 288 g/mol. The number of carbonyl (C=O) groups excluding carboxylic acids is 1. The molecule has 2 aromatic rings. The Kier molecular flexibility index (Phi) is 4.03. The van der Waals surface area contributed by atoms with Crippen molar-refractivity contribution >= 4 is 17.6 Å². The molecular formula is C14H12N2O5. The van der Waals surface area contributed by atoms with Crippen molar-refractivity contribution < 1.29 is 24.5 Å². The number of hydrogen-bond donors (Lipinski definition) is 3. The number of hydrogen-bond acceptors (Lipinski definition) is 5. The molecule has 0 bridgehead atoms. The van der Waals surface area contributed by atoms with Crippen molar-refractivity contribution in [2.45, 2.75) is 0 Å². The number of nitrogens with zero attached hydrogens (tertiary/aromatic N) is 1. The van der Waals surface area contributed by atoms with Gasteiger partial charge in [-0.3, -0.25) is 4.79 Å². The third-order valence-electron chi connectivity index (χ3n) is 2.71. The highest BCUT2D eigenvalue weighted by Gasteiger charge is 2.16. The lowest BCUT2D eigenvalue weighted by Crippen LogP contribution is -2.15. The molecule has 0 radical (unpaired) electrons. The van der Waals surface area contributed by atoms with Crippen molar-refractivity contribution in [3.63, 3.8) is 0 Å². The highest BCUT2D eigenvalue weighted by molar-refractivity contribution is 6.08. The van der Waals surface area contributed by atoms with E-state index in [0.717, 1.165) is 0 Å². The second-order valence-electron chi connectivity index (χ2n) is 4.04. The van der Waals surface area contributed by atoms with Crippen LogP contribution in [0.25, 0.3) is 0 Å². The zero-order valence-corrected chi connectivity index (χ0v) is 11.0. The first-order valence-electron chi connectivity index (χ1n) is 5.89. The lowest BCUT2D eigenvalue weighted by Gasteiger charge is -2.09. The molecular weight excluding hydrogens is 276 g/mol. The molecule has 0 aliphatic heterocycles. The number of pyridine rings is 1. The van der Waals surface area contributed by atoms with E-state index in [1.165, 1.54) is 43.6 Å². The quantitative estimate of drug-likeness (QED) is 0.790. The number of phenolic OH excluding ortho intramolecular Hbond substituents is 1. The zero-order valence-electron chi connectivity index (χ0n) is 11.0. The largest absolute Gasteiger partial charge is 0.507 e. The summed E-state index contributed by atoms with van der Waals surface area (Å²) in [5.41, 5.74) is -0.236. The minimum atomic E-state index is -1.26. The summed E-state index contributed by atoms with van der Waals surface area (Å²) >= 11 is 0. The van der Waals surface area contributed by atoms with E-state index in [9.17, 15) is 14.7 Å². The summed E-state index contributed by atoms with van der Waals surface area (Å²) < 4.78 is 4.92. The van der Waals surface area contributed by atoms with E-state index in [1.807, 2.05) is 0 Å². The maximum Gasteiger partial charge on any atom is 0.356 e. The van der Waals surface area contributed by atoms with Gasteiger partial charge in [0.15, 0.2) is 5.69 Å². The third-order valence-corrected chi connectivity index (χ3v) is 2.71. The van der Waals surface area contributed by atoms with E-state index < -0.39 is 11.9 Å². The fourth-order valence-electron chi connectivity index (χ4n) is 1.70. The predicted octanol–water partition coefficient (Wildman–Crippen LogP) is 1.75. The number of anilines is 1. The summed E-state index contributed by atoms with van der Waals surface area (Å²) in [7, 11) is 1.43. The van der Waals surface area contributed by atoms with Crippen LogP contribution in [0, 0.1) is 0 Å². The van der Waals surface area contributed by atoms with Gasteiger partial charge in [-0.1, -0.05) is 0 Å². The number of aromatic carboxylic acids is 1. The summed E-state index contributed by atoms with van der Waals surface area (Å²) in [6, 6.07) is 7.08. The highest BCUT2D eigenvalue weighted by Crippen LogP contribution is 2.24. The number of nitrogens with one attached hydrogen (secondary N) is 1. The number of rotatable bonds is 4. The van der Waals surface area contributed by atoms with Crippen LogP contribution >= 0.6 is 0 Å². The second kappa shape index (κ2) is 5.91. The number of ether oxygens (including phenoxy) is 1. The molecule has 0 saturated carbocycles. The smallest absolute Gasteiger partial charge is 0.356 e. The summed E-state index contributed by atoms with van der Waals surface area (Å²) in [4.78, 5) is 26.8. The van der Waals surface area contributed by atoms with Crippen molar-refractivity contribution in [2.75, 3.05) is 12.4 Å². The number of benzene rings is 1. The van der Waals surface area contributed by atoms with Gasteiger partial charge in [0.2, 0.25) is 0 Å². The topological polar surface area (TPSA) is 109 Å². The van der Waals surface area contributed by atoms with Gasteiger partial charge < -0.3 is 20.3 Å². The minimum Gasteiger partial charge on any atom is -0.507 e. The second-order valence-corrected chi connectivity index (χ2v) is 4.04. The molecule has 0 aliphatic carbocycles. The molecule has 0 saturated heterocycles. The van der Waals surface area contributed by atoms with Crippen LogP contribution in [0.5, 0.6) is 11.5 Å². The van der Waals surface area contributed by atoms with E-state index in [1.54, 1.807) is 0 Å². The summed E-state index contributed by atoms with van der Waals surface area (Å²) in [6.07, 6.45) is 1.31. The number of amides is 1. The number of phenols is 1. The number of aromatic hydroxyl groups is 1. The number of aromatic nitrogens is 1. The standard InChI is InChI=1S/C14H12N2O5/c1-21-8-4-5-9(11(17)7-8)13(18)16-10-3-2-6-15-12(10)14(19)20/h2-7,17H,1H3,(H,16,18)(H,19,20). The molecule has 0 unspecified atom stereocenters. The van der Waals surface area contributed by atoms with Crippen LogP contribution < -0.4 is 10.1 Å². The van der Waals surface area contributed by atoms with Gasteiger partial charge in [-0.2, -0.15) is 0 Å². The Morgan fingerprint density at radius 2 is 2.05 bits per heavy atom. The molecule has 0 fully saturated rings. The van der Waals surface area contributed by atoms with Gasteiger partial charge in [0.05, 0.1) is 18.4 Å². The van der Waals surface area contributed by atoms with Crippen molar-refractivity contribution in [1.29, 1.82) is 0 Å². The summed E-state index contributed by atoms with van der Waals surface area (Å²) in [5.74, 6) is -1.78. The van der Waals surface area contributed by atoms with Crippen molar-refractivity contribution in [1.82, 2.24) is 4.98 Å². The van der Waals surface area contributed by atoms with Crippen molar-refractivity contribution in [2.24, 2.45) is 0 Å². The molecule has 0 spiro atoms. The third kappa shape index (κ3) is 3.08. The SMILES string of the molecule is COc1ccc(C(=O)Nc2cccnc2C(=O)O)c(O)c1. The fourth-order valence-corrected chi connectivity index (χ4v) is 1.70. The van der Waals surface area contributed by atoms with Gasteiger partial charge in [-0.05, 0) is 24.3 Å². The summed E-state index contributed by atoms with van der Waals surface area (Å²) in [6.45, 7) is 0. The normalized spacial score (nSPS) is 9.95.